The molecular weight excluding hydrogens is 310 g/mol. The van der Waals surface area contributed by atoms with Crippen molar-refractivity contribution in [2.24, 2.45) is 5.41 Å². The number of carbonyl (C=O) groups is 2. The number of methoxy groups -OCH3 is 1. The van der Waals surface area contributed by atoms with Crippen molar-refractivity contribution in [1.29, 1.82) is 0 Å². The fourth-order valence-electron chi connectivity index (χ4n) is 2.29. The summed E-state index contributed by atoms with van der Waals surface area (Å²) in [5.41, 5.74) is -0.199. The third-order valence-corrected chi connectivity index (χ3v) is 5.67. The molecule has 1 atom stereocenters. The average Bonchev–Trinajstić information content (AvgIpc) is 2.37. The van der Waals surface area contributed by atoms with Crippen LogP contribution in [0.5, 0.6) is 0 Å². The van der Waals surface area contributed by atoms with Gasteiger partial charge in [0, 0.05) is 18.1 Å². The molecule has 22 heavy (non-hydrogen) atoms. The van der Waals surface area contributed by atoms with Gasteiger partial charge in [-0.15, -0.1) is 0 Å². The topological polar surface area (TPSA) is 90.0 Å². The van der Waals surface area contributed by atoms with E-state index >= 15 is 0 Å². The number of amides is 1. The number of sulfone groups is 1. The zero-order valence-electron chi connectivity index (χ0n) is 13.2. The van der Waals surface area contributed by atoms with Crippen LogP contribution in [0.4, 0.5) is 0 Å². The molecule has 124 valence electrons. The Morgan fingerprint density at radius 1 is 1.36 bits per heavy atom. The van der Waals surface area contributed by atoms with Crippen molar-refractivity contribution < 1.29 is 27.5 Å². The summed E-state index contributed by atoms with van der Waals surface area (Å²) in [6.07, 6.45) is -0.0390. The number of nitrogens with zero attached hydrogens (tertiary/aromatic N) is 1. The zero-order valence-corrected chi connectivity index (χ0v) is 14.0. The maximum absolute atomic E-state index is 12.1. The van der Waals surface area contributed by atoms with E-state index < -0.39 is 20.6 Å². The summed E-state index contributed by atoms with van der Waals surface area (Å²) < 4.78 is 34.7. The van der Waals surface area contributed by atoms with Crippen molar-refractivity contribution in [1.82, 2.24) is 4.90 Å². The number of ketones is 1. The lowest BCUT2D eigenvalue weighted by molar-refractivity contribution is -0.145. The average molecular weight is 331 g/mol. The Balaban J connectivity index is 2.27. The Labute approximate surface area is 130 Å². The fourth-order valence-corrected chi connectivity index (χ4v) is 4.11. The molecule has 0 aromatic carbocycles. The van der Waals surface area contributed by atoms with Crippen LogP contribution in [-0.2, 0) is 28.9 Å². The Morgan fingerprint density at radius 2 is 2.00 bits per heavy atom. The zero-order chi connectivity index (χ0) is 16.7. The number of β-lactam (4-membered cyclic amide) rings is 1. The molecule has 8 heteroatoms. The van der Waals surface area contributed by atoms with Crippen LogP contribution in [-0.4, -0.2) is 56.5 Å². The second kappa shape index (κ2) is 5.66. The van der Waals surface area contributed by atoms with Crippen molar-refractivity contribution in [3.63, 3.8) is 0 Å². The van der Waals surface area contributed by atoms with E-state index in [1.165, 1.54) is 7.11 Å². The first-order chi connectivity index (χ1) is 10.1. The number of fused-ring (bicyclic) bond motifs is 1. The van der Waals surface area contributed by atoms with Crippen LogP contribution in [0.25, 0.3) is 0 Å². The van der Waals surface area contributed by atoms with E-state index in [-0.39, 0.29) is 43.0 Å². The summed E-state index contributed by atoms with van der Waals surface area (Å²) in [5.74, 6) is -0.501. The molecule has 2 heterocycles. The molecule has 0 radical (unpaired) electrons. The van der Waals surface area contributed by atoms with Gasteiger partial charge in [0.05, 0.1) is 18.8 Å². The molecule has 2 rings (SSSR count). The van der Waals surface area contributed by atoms with E-state index in [9.17, 15) is 18.0 Å². The second-order valence-electron chi connectivity index (χ2n) is 6.53. The second-order valence-corrected chi connectivity index (χ2v) is 8.69. The number of ether oxygens (including phenoxy) is 2. The van der Waals surface area contributed by atoms with Gasteiger partial charge in [-0.25, -0.2) is 8.42 Å². The molecule has 0 aromatic rings. The molecule has 0 aromatic heterocycles. The van der Waals surface area contributed by atoms with E-state index in [2.05, 4.69) is 0 Å². The van der Waals surface area contributed by atoms with Crippen molar-refractivity contribution in [2.75, 3.05) is 26.1 Å². The van der Waals surface area contributed by atoms with Crippen LogP contribution in [0, 0.1) is 5.41 Å². The summed E-state index contributed by atoms with van der Waals surface area (Å²) in [6.45, 7) is 5.14. The molecule has 0 bridgehead atoms. The Kier molecular flexibility index (Phi) is 4.36. The van der Waals surface area contributed by atoms with Crippen molar-refractivity contribution in [2.45, 2.75) is 32.6 Å². The van der Waals surface area contributed by atoms with E-state index in [1.807, 2.05) is 0 Å². The van der Waals surface area contributed by atoms with Gasteiger partial charge in [0.1, 0.15) is 6.61 Å². The Bertz CT molecular complexity index is 628. The van der Waals surface area contributed by atoms with Crippen LogP contribution in [0.1, 0.15) is 27.2 Å². The lowest BCUT2D eigenvalue weighted by atomic mass is 9.91. The molecule has 0 aliphatic carbocycles. The highest BCUT2D eigenvalue weighted by Gasteiger charge is 2.52. The van der Waals surface area contributed by atoms with E-state index in [0.29, 0.717) is 5.57 Å². The number of hydrogen-bond donors (Lipinski definition) is 0. The van der Waals surface area contributed by atoms with Crippen LogP contribution in [0.2, 0.25) is 0 Å². The largest absolute Gasteiger partial charge is 0.471 e. The summed E-state index contributed by atoms with van der Waals surface area (Å²) in [6, 6.07) is 0. The minimum Gasteiger partial charge on any atom is -0.471 e. The van der Waals surface area contributed by atoms with E-state index in [1.54, 1.807) is 20.8 Å². The monoisotopic (exact) mass is 331 g/mol. The van der Waals surface area contributed by atoms with Gasteiger partial charge < -0.3 is 9.47 Å². The number of carbonyl (C=O) groups excluding carboxylic acids is 2. The first-order valence-corrected chi connectivity index (χ1v) is 8.70. The first-order valence-electron chi connectivity index (χ1n) is 6.98. The highest BCUT2D eigenvalue weighted by Crippen LogP contribution is 2.36. The summed E-state index contributed by atoms with van der Waals surface area (Å²) in [5, 5.41) is -0.875. The maximum Gasteiger partial charge on any atom is 0.233 e. The van der Waals surface area contributed by atoms with Crippen LogP contribution >= 0.6 is 0 Å². The van der Waals surface area contributed by atoms with Gasteiger partial charge >= 0.3 is 0 Å². The third-order valence-electron chi connectivity index (χ3n) is 3.71. The Hall–Kier alpha value is -1.41. The lowest BCUT2D eigenvalue weighted by Gasteiger charge is -2.44. The van der Waals surface area contributed by atoms with Crippen molar-refractivity contribution in [3.05, 3.63) is 11.5 Å². The summed E-state index contributed by atoms with van der Waals surface area (Å²) >= 11 is 0. The highest BCUT2D eigenvalue weighted by molar-refractivity contribution is 7.92. The molecule has 0 unspecified atom stereocenters. The molecule has 1 amide bonds. The number of hydrogen-bond acceptors (Lipinski definition) is 6. The van der Waals surface area contributed by atoms with Gasteiger partial charge in [-0.2, -0.15) is 0 Å². The Morgan fingerprint density at radius 3 is 2.50 bits per heavy atom. The minimum atomic E-state index is -3.43. The number of Topliss-reactive ketones (excluding diaryl/α,β-unsaturated/α-hetero) is 1. The molecule has 0 N–H and O–H groups in total. The van der Waals surface area contributed by atoms with Gasteiger partial charge in [0.2, 0.25) is 5.91 Å². The quantitative estimate of drug-likeness (QED) is 0.680. The fraction of sp³-hybridized carbons (Fsp3) is 0.714. The van der Waals surface area contributed by atoms with Gasteiger partial charge in [0.25, 0.3) is 0 Å². The molecule has 1 saturated heterocycles. The molecule has 0 spiro atoms. The van der Waals surface area contributed by atoms with E-state index in [0.717, 1.165) is 4.90 Å². The predicted octanol–water partition coefficient (Wildman–Crippen LogP) is 0.463. The third kappa shape index (κ3) is 3.03. The molecular formula is C14H21NO6S. The van der Waals surface area contributed by atoms with Gasteiger partial charge in [0.15, 0.2) is 26.9 Å². The predicted molar refractivity (Wildman–Crippen MR) is 78.4 cm³/mol. The highest BCUT2D eigenvalue weighted by atomic mass is 32.2. The summed E-state index contributed by atoms with van der Waals surface area (Å²) in [4.78, 5) is 24.9. The standard InChI is InChI=1S/C14H21NO6S/c1-14(2,3)10(16)7-21-13-9(6-20-4)8-22(18,19)12-5-11(17)15(12)13/h12H,5-8H2,1-4H3/t12-/m1/s1. The normalized spacial score (nSPS) is 23.9. The minimum absolute atomic E-state index is 0.0365. The van der Waals surface area contributed by atoms with Crippen LogP contribution in [0.15, 0.2) is 11.5 Å². The first kappa shape index (κ1) is 17.0. The van der Waals surface area contributed by atoms with Crippen LogP contribution < -0.4 is 0 Å². The maximum atomic E-state index is 12.1. The van der Waals surface area contributed by atoms with Crippen molar-refractivity contribution >= 4 is 21.5 Å². The SMILES string of the molecule is COCC1=C(OCC(=O)C(C)(C)C)N2C(=O)C[C@H]2S(=O)(=O)C1. The molecule has 0 saturated carbocycles. The molecule has 2 aliphatic heterocycles. The summed E-state index contributed by atoms with van der Waals surface area (Å²) in [7, 11) is -1.99. The molecule has 2 aliphatic rings. The number of rotatable bonds is 5. The van der Waals surface area contributed by atoms with Crippen LogP contribution in [0.3, 0.4) is 0 Å². The molecule has 1 fully saturated rings. The smallest absolute Gasteiger partial charge is 0.233 e. The van der Waals surface area contributed by atoms with Crippen molar-refractivity contribution in [3.8, 4) is 0 Å². The molecule has 7 nitrogen and oxygen atoms in total. The van der Waals surface area contributed by atoms with Gasteiger partial charge in [-0.3, -0.25) is 14.5 Å². The van der Waals surface area contributed by atoms with E-state index in [4.69, 9.17) is 9.47 Å². The van der Waals surface area contributed by atoms with Gasteiger partial charge in [-0.1, -0.05) is 20.8 Å². The van der Waals surface area contributed by atoms with Gasteiger partial charge in [-0.05, 0) is 0 Å². The lowest BCUT2D eigenvalue weighted by Crippen LogP contribution is -2.59.